The van der Waals surface area contributed by atoms with Crippen LogP contribution in [0.1, 0.15) is 26.7 Å². The summed E-state index contributed by atoms with van der Waals surface area (Å²) in [6.45, 7) is 4.24. The van der Waals surface area contributed by atoms with Gasteiger partial charge < -0.3 is 5.73 Å². The molecule has 1 aliphatic heterocycles. The van der Waals surface area contributed by atoms with E-state index in [1.807, 2.05) is 13.8 Å². The third kappa shape index (κ3) is 2.92. The first kappa shape index (κ1) is 12.4. The lowest BCUT2D eigenvalue weighted by atomic mass is 9.94. The van der Waals surface area contributed by atoms with Gasteiger partial charge in [-0.1, -0.05) is 13.8 Å². The van der Waals surface area contributed by atoms with E-state index in [0.717, 1.165) is 4.31 Å². The summed E-state index contributed by atoms with van der Waals surface area (Å²) in [7, 11) is -3.39. The van der Waals surface area contributed by atoms with Crippen molar-refractivity contribution in [3.63, 3.8) is 0 Å². The molecule has 1 saturated heterocycles. The molecular formula is C9H18N2O3S. The highest BCUT2D eigenvalue weighted by Gasteiger charge is 2.35. The molecule has 0 radical (unpaired) electrons. The van der Waals surface area contributed by atoms with Crippen molar-refractivity contribution in [2.75, 3.05) is 18.8 Å². The molecule has 0 aromatic rings. The largest absolute Gasteiger partial charge is 0.330 e. The van der Waals surface area contributed by atoms with E-state index in [0.29, 0.717) is 19.4 Å². The number of nitrogens with zero attached hydrogens (tertiary/aromatic N) is 1. The summed E-state index contributed by atoms with van der Waals surface area (Å²) in [6.07, 6.45) is 0.751. The van der Waals surface area contributed by atoms with E-state index < -0.39 is 10.0 Å². The van der Waals surface area contributed by atoms with Gasteiger partial charge in [0.05, 0.1) is 5.75 Å². The zero-order valence-corrected chi connectivity index (χ0v) is 10.0. The number of hydrogen-bond donors (Lipinski definition) is 1. The zero-order valence-electron chi connectivity index (χ0n) is 9.19. The first-order valence-corrected chi connectivity index (χ1v) is 6.63. The molecule has 15 heavy (non-hydrogen) atoms. The first-order valence-electron chi connectivity index (χ1n) is 5.02. The van der Waals surface area contributed by atoms with Crippen LogP contribution in [0.5, 0.6) is 0 Å². The summed E-state index contributed by atoms with van der Waals surface area (Å²) in [4.78, 5) is 11.5. The lowest BCUT2D eigenvalue weighted by Crippen LogP contribution is -2.48. The Morgan fingerprint density at radius 3 is 2.53 bits per heavy atom. The fourth-order valence-corrected chi connectivity index (χ4v) is 3.11. The van der Waals surface area contributed by atoms with Crippen LogP contribution in [0.4, 0.5) is 0 Å². The Kier molecular flexibility index (Phi) is 3.40. The normalized spacial score (nSPS) is 21.8. The number of carbonyl (C=O) groups is 1. The highest BCUT2D eigenvalue weighted by Crippen LogP contribution is 2.22. The molecule has 1 aliphatic rings. The van der Waals surface area contributed by atoms with Crippen molar-refractivity contribution in [2.45, 2.75) is 26.7 Å². The lowest BCUT2D eigenvalue weighted by molar-refractivity contribution is -0.127. The second kappa shape index (κ2) is 4.09. The van der Waals surface area contributed by atoms with Crippen LogP contribution in [0.25, 0.3) is 0 Å². The van der Waals surface area contributed by atoms with Gasteiger partial charge >= 0.3 is 0 Å². The number of carbonyl (C=O) groups excluding carboxylic acids is 1. The second-order valence-electron chi connectivity index (χ2n) is 4.69. The maximum atomic E-state index is 11.7. The van der Waals surface area contributed by atoms with Crippen LogP contribution in [-0.2, 0) is 14.8 Å². The van der Waals surface area contributed by atoms with Gasteiger partial charge in [-0.3, -0.25) is 4.79 Å². The third-order valence-corrected chi connectivity index (χ3v) is 4.34. The number of amides is 1. The van der Waals surface area contributed by atoms with E-state index in [9.17, 15) is 13.2 Å². The topological polar surface area (TPSA) is 80.5 Å². The van der Waals surface area contributed by atoms with Crippen molar-refractivity contribution in [1.29, 1.82) is 0 Å². The van der Waals surface area contributed by atoms with E-state index in [1.54, 1.807) is 0 Å². The van der Waals surface area contributed by atoms with Crippen LogP contribution in [0.2, 0.25) is 0 Å². The summed E-state index contributed by atoms with van der Waals surface area (Å²) in [5, 5.41) is 0. The van der Waals surface area contributed by atoms with E-state index in [1.165, 1.54) is 0 Å². The number of nitrogens with two attached hydrogens (primary N) is 1. The molecule has 1 rings (SSSR count). The van der Waals surface area contributed by atoms with Crippen LogP contribution in [0.15, 0.2) is 0 Å². The van der Waals surface area contributed by atoms with Crippen LogP contribution in [0, 0.1) is 5.41 Å². The number of hydrogen-bond acceptors (Lipinski definition) is 4. The lowest BCUT2D eigenvalue weighted by Gasteiger charge is -2.33. The molecule has 1 heterocycles. The maximum absolute atomic E-state index is 11.7. The summed E-state index contributed by atoms with van der Waals surface area (Å²) in [5.41, 5.74) is 5.16. The maximum Gasteiger partial charge on any atom is 0.237 e. The number of sulfonamides is 1. The highest BCUT2D eigenvalue weighted by atomic mass is 32.2. The highest BCUT2D eigenvalue weighted by molar-refractivity contribution is 7.89. The molecule has 88 valence electrons. The molecule has 0 aliphatic carbocycles. The smallest absolute Gasteiger partial charge is 0.237 e. The third-order valence-electron chi connectivity index (χ3n) is 2.53. The Morgan fingerprint density at radius 2 is 2.07 bits per heavy atom. The molecule has 0 bridgehead atoms. The minimum Gasteiger partial charge on any atom is -0.330 e. The van der Waals surface area contributed by atoms with E-state index in [4.69, 9.17) is 5.73 Å². The van der Waals surface area contributed by atoms with Gasteiger partial charge in [-0.25, -0.2) is 12.7 Å². The van der Waals surface area contributed by atoms with Gasteiger partial charge in [-0.15, -0.1) is 0 Å². The van der Waals surface area contributed by atoms with Gasteiger partial charge in [-0.2, -0.15) is 0 Å². The molecule has 2 N–H and O–H groups in total. The fourth-order valence-electron chi connectivity index (χ4n) is 1.44. The van der Waals surface area contributed by atoms with E-state index in [2.05, 4.69) is 0 Å². The SMILES string of the molecule is CC(C)(CN)CN1C(=O)CCCS1(=O)=O. The van der Waals surface area contributed by atoms with Crippen molar-refractivity contribution in [1.82, 2.24) is 4.31 Å². The average Bonchev–Trinajstić information content (AvgIpc) is 2.12. The predicted molar refractivity (Wildman–Crippen MR) is 57.6 cm³/mol. The fraction of sp³-hybridized carbons (Fsp3) is 0.889. The zero-order chi connectivity index (χ0) is 11.7. The van der Waals surface area contributed by atoms with E-state index in [-0.39, 0.29) is 23.6 Å². The number of rotatable bonds is 3. The van der Waals surface area contributed by atoms with E-state index >= 15 is 0 Å². The van der Waals surface area contributed by atoms with Crippen molar-refractivity contribution in [3.05, 3.63) is 0 Å². The second-order valence-corrected chi connectivity index (χ2v) is 6.70. The average molecular weight is 234 g/mol. The van der Waals surface area contributed by atoms with Gasteiger partial charge in [0.15, 0.2) is 0 Å². The molecule has 0 spiro atoms. The quantitative estimate of drug-likeness (QED) is 0.741. The Balaban J connectivity index is 2.86. The van der Waals surface area contributed by atoms with Crippen LogP contribution >= 0.6 is 0 Å². The monoisotopic (exact) mass is 234 g/mol. The molecule has 0 atom stereocenters. The standard InChI is InChI=1S/C9H18N2O3S/c1-9(2,6-10)7-11-8(12)4-3-5-15(11,13)14/h3-7,10H2,1-2H3. The van der Waals surface area contributed by atoms with Gasteiger partial charge in [0.1, 0.15) is 0 Å². The van der Waals surface area contributed by atoms with Crippen molar-refractivity contribution in [2.24, 2.45) is 11.1 Å². The predicted octanol–water partition coefficient (Wildman–Crippen LogP) is -0.0765. The Hall–Kier alpha value is -0.620. The Bertz CT molecular complexity index is 348. The molecule has 0 aromatic heterocycles. The minimum atomic E-state index is -3.39. The summed E-state index contributed by atoms with van der Waals surface area (Å²) < 4.78 is 24.3. The minimum absolute atomic E-state index is 0.0688. The van der Waals surface area contributed by atoms with Gasteiger partial charge in [0.25, 0.3) is 0 Å². The van der Waals surface area contributed by atoms with Crippen LogP contribution in [-0.4, -0.2) is 37.5 Å². The Labute approximate surface area is 90.7 Å². The summed E-state index contributed by atoms with van der Waals surface area (Å²) in [5.74, 6) is -0.234. The first-order chi connectivity index (χ1) is 6.78. The molecule has 5 nitrogen and oxygen atoms in total. The van der Waals surface area contributed by atoms with Crippen molar-refractivity contribution >= 4 is 15.9 Å². The molecular weight excluding hydrogens is 216 g/mol. The van der Waals surface area contributed by atoms with Crippen molar-refractivity contribution < 1.29 is 13.2 Å². The summed E-state index contributed by atoms with van der Waals surface area (Å²) >= 11 is 0. The molecule has 0 saturated carbocycles. The molecule has 1 fully saturated rings. The van der Waals surface area contributed by atoms with Crippen LogP contribution < -0.4 is 5.73 Å². The van der Waals surface area contributed by atoms with Crippen molar-refractivity contribution in [3.8, 4) is 0 Å². The molecule has 0 aromatic carbocycles. The van der Waals surface area contributed by atoms with Gasteiger partial charge in [-0.05, 0) is 18.4 Å². The van der Waals surface area contributed by atoms with Gasteiger partial charge in [0, 0.05) is 13.0 Å². The van der Waals surface area contributed by atoms with Crippen LogP contribution in [0.3, 0.4) is 0 Å². The molecule has 1 amide bonds. The molecule has 6 heteroatoms. The summed E-state index contributed by atoms with van der Waals surface area (Å²) in [6, 6.07) is 0. The Morgan fingerprint density at radius 1 is 1.47 bits per heavy atom. The molecule has 0 unspecified atom stereocenters. The van der Waals surface area contributed by atoms with Gasteiger partial charge in [0.2, 0.25) is 15.9 Å².